The normalized spacial score (nSPS) is 16.1. The Morgan fingerprint density at radius 2 is 1.38 bits per heavy atom. The van der Waals surface area contributed by atoms with Gasteiger partial charge in [0.15, 0.2) is 11.9 Å². The molecule has 0 spiro atoms. The van der Waals surface area contributed by atoms with Crippen LogP contribution in [0.5, 0.6) is 5.75 Å². The molecule has 6 heteroatoms. The van der Waals surface area contributed by atoms with E-state index in [1.54, 1.807) is 0 Å². The van der Waals surface area contributed by atoms with Crippen LogP contribution in [-0.4, -0.2) is 28.1 Å². The summed E-state index contributed by atoms with van der Waals surface area (Å²) in [6, 6.07) is 27.7. The van der Waals surface area contributed by atoms with Gasteiger partial charge in [0.25, 0.3) is 6.73 Å². The largest absolute Gasteiger partial charge is 0.452 e. The summed E-state index contributed by atoms with van der Waals surface area (Å²) in [4.78, 5) is 4.94. The van der Waals surface area contributed by atoms with Crippen molar-refractivity contribution in [2.75, 3.05) is 9.80 Å². The minimum absolute atomic E-state index is 0.306. The van der Waals surface area contributed by atoms with Gasteiger partial charge in [-0.25, -0.2) is 0 Å². The van der Waals surface area contributed by atoms with Gasteiger partial charge < -0.3 is 14.5 Å². The van der Waals surface area contributed by atoms with E-state index >= 15 is 0 Å². The van der Waals surface area contributed by atoms with Crippen molar-refractivity contribution < 1.29 is 9.42 Å². The van der Waals surface area contributed by atoms with Crippen molar-refractivity contribution in [3.8, 4) is 22.7 Å². The predicted molar refractivity (Wildman–Crippen MR) is 159 cm³/mol. The first-order chi connectivity index (χ1) is 18.9. The van der Waals surface area contributed by atoms with Crippen LogP contribution in [0.3, 0.4) is 0 Å². The first-order valence-electron chi connectivity index (χ1n) is 14.4. The van der Waals surface area contributed by atoms with Crippen LogP contribution < -0.4 is 19.2 Å². The Labute approximate surface area is 233 Å². The Morgan fingerprint density at radius 1 is 0.795 bits per heavy atom. The second-order valence-electron chi connectivity index (χ2n) is 11.0. The minimum Gasteiger partial charge on any atom is -0.452 e. The van der Waals surface area contributed by atoms with Crippen molar-refractivity contribution in [2.24, 2.45) is 0 Å². The molecule has 1 atom stereocenters. The lowest BCUT2D eigenvalue weighted by Gasteiger charge is -2.35. The Bertz CT molecular complexity index is 1340. The molecular weight excluding hydrogens is 482 g/mol. The molecule has 1 aromatic heterocycles. The molecule has 1 fully saturated rings. The Balaban J connectivity index is 0.000000707. The summed E-state index contributed by atoms with van der Waals surface area (Å²) >= 11 is 0. The minimum atomic E-state index is 0.306. The zero-order chi connectivity index (χ0) is 27.4. The van der Waals surface area contributed by atoms with Crippen molar-refractivity contribution >= 4 is 11.4 Å². The molecule has 0 amide bonds. The van der Waals surface area contributed by atoms with Crippen molar-refractivity contribution in [2.45, 2.75) is 85.3 Å². The fourth-order valence-corrected chi connectivity index (χ4v) is 5.37. The Morgan fingerprint density at radius 3 is 1.97 bits per heavy atom. The van der Waals surface area contributed by atoms with Crippen molar-refractivity contribution in [3.05, 3.63) is 85.1 Å². The van der Waals surface area contributed by atoms with E-state index in [0.29, 0.717) is 25.0 Å². The van der Waals surface area contributed by atoms with E-state index in [1.807, 2.05) is 45.8 Å². The molecule has 204 valence electrons. The van der Waals surface area contributed by atoms with Crippen LogP contribution in [0.25, 0.3) is 16.9 Å². The molecule has 0 bridgehead atoms. The zero-order valence-corrected chi connectivity index (χ0v) is 24.0. The van der Waals surface area contributed by atoms with Crippen LogP contribution in [0.2, 0.25) is 0 Å². The lowest BCUT2D eigenvalue weighted by Crippen LogP contribution is -2.47. The molecule has 6 rings (SSSR count). The number of hydrogen-bond donors (Lipinski definition) is 0. The van der Waals surface area contributed by atoms with E-state index in [2.05, 4.69) is 93.1 Å². The number of ether oxygens (including phenoxy) is 1. The lowest BCUT2D eigenvalue weighted by atomic mass is 10.0. The first kappa shape index (κ1) is 26.8. The topological polar surface area (TPSA) is 37.4 Å². The van der Waals surface area contributed by atoms with Crippen LogP contribution in [0.15, 0.2) is 85.1 Å². The maximum absolute atomic E-state index is 6.33. The number of para-hydroxylation sites is 1. The van der Waals surface area contributed by atoms with E-state index < -0.39 is 0 Å². The van der Waals surface area contributed by atoms with E-state index in [9.17, 15) is 0 Å². The number of rotatable bonds is 7. The molecule has 0 radical (unpaired) electrons. The lowest BCUT2D eigenvalue weighted by molar-refractivity contribution is -0.769. The van der Waals surface area contributed by atoms with E-state index in [4.69, 9.17) is 9.95 Å². The molecular formula is C33H42N5O+. The highest BCUT2D eigenvalue weighted by molar-refractivity contribution is 5.79. The van der Waals surface area contributed by atoms with E-state index in [1.165, 1.54) is 37.1 Å². The highest BCUT2D eigenvalue weighted by Crippen LogP contribution is 2.43. The van der Waals surface area contributed by atoms with Gasteiger partial charge in [0, 0.05) is 23.7 Å². The van der Waals surface area contributed by atoms with Gasteiger partial charge in [0.2, 0.25) is 5.69 Å². The van der Waals surface area contributed by atoms with Gasteiger partial charge in [-0.2, -0.15) is 0 Å². The van der Waals surface area contributed by atoms with Crippen LogP contribution in [0.1, 0.15) is 60.3 Å². The summed E-state index contributed by atoms with van der Waals surface area (Å²) < 4.78 is 10.1. The fraction of sp³-hybridized carbons (Fsp3) is 0.394. The predicted octanol–water partition coefficient (Wildman–Crippen LogP) is 7.21. The monoisotopic (exact) mass is 524 g/mol. The molecule has 6 nitrogen and oxygen atoms in total. The average Bonchev–Trinajstić information content (AvgIpc) is 3.45. The number of nitrogens with zero attached hydrogens (tertiary/aromatic N) is 5. The Kier molecular flexibility index (Phi) is 8.20. The number of fused-ring (bicyclic) bond motifs is 1. The third-order valence-corrected chi connectivity index (χ3v) is 7.59. The van der Waals surface area contributed by atoms with Crippen LogP contribution in [0.4, 0.5) is 11.4 Å². The maximum atomic E-state index is 6.33. The molecule has 2 heterocycles. The molecule has 1 aliphatic carbocycles. The molecule has 0 saturated heterocycles. The number of hydrogen-bond acceptors (Lipinski definition) is 4. The summed E-state index contributed by atoms with van der Waals surface area (Å²) in [5, 5.41) is 4.82. The average molecular weight is 525 g/mol. The van der Waals surface area contributed by atoms with E-state index in [-0.39, 0.29) is 0 Å². The summed E-state index contributed by atoms with van der Waals surface area (Å²) in [7, 11) is 0. The summed E-state index contributed by atoms with van der Waals surface area (Å²) in [6.07, 6.45) is 8.36. The van der Waals surface area contributed by atoms with Gasteiger partial charge in [0.1, 0.15) is 5.75 Å². The van der Waals surface area contributed by atoms with Gasteiger partial charge in [-0.15, -0.1) is 4.68 Å². The second kappa shape index (κ2) is 11.9. The molecule has 2 aliphatic rings. The van der Waals surface area contributed by atoms with Gasteiger partial charge in [0.05, 0.1) is 22.8 Å². The molecule has 1 saturated carbocycles. The number of anilines is 2. The number of aromatic nitrogens is 3. The summed E-state index contributed by atoms with van der Waals surface area (Å²) in [6.45, 7) is 11.6. The summed E-state index contributed by atoms with van der Waals surface area (Å²) in [5.74, 6) is 0.841. The first-order valence-corrected chi connectivity index (χ1v) is 14.4. The molecule has 0 N–H and O–H groups in total. The molecule has 3 aromatic carbocycles. The molecule has 4 aromatic rings. The van der Waals surface area contributed by atoms with Gasteiger partial charge in [-0.05, 0) is 58.9 Å². The fourth-order valence-electron chi connectivity index (χ4n) is 5.37. The van der Waals surface area contributed by atoms with Gasteiger partial charge in [-0.3, -0.25) is 0 Å². The quantitative estimate of drug-likeness (QED) is 0.239. The smallest absolute Gasteiger partial charge is 0.254 e. The second-order valence-corrected chi connectivity index (χ2v) is 11.0. The Hall–Kier alpha value is -3.80. The molecule has 1 aliphatic heterocycles. The zero-order valence-electron chi connectivity index (χ0n) is 24.0. The third kappa shape index (κ3) is 5.80. The van der Waals surface area contributed by atoms with Crippen molar-refractivity contribution in [3.63, 3.8) is 0 Å². The molecule has 39 heavy (non-hydrogen) atoms. The molecule has 1 unspecified atom stereocenters. The SMILES string of the molecule is C1CCC1.CC(C)N1c2ccc(OC[n+]3nn(-c4ccccc4)cc3-c3ccccc3)cc2N(C(C)C)C1C. The van der Waals surface area contributed by atoms with Crippen molar-refractivity contribution in [1.82, 2.24) is 9.90 Å². The van der Waals surface area contributed by atoms with Gasteiger partial charge in [-0.1, -0.05) is 78.9 Å². The standard InChI is InChI=1S/C29H34N5O.C4H8/c1-21(2)33-23(5)34(22(3)4)28-18-26(16-17-27(28)33)35-20-32-29(24-12-8-6-9-13-24)19-31(30-32)25-14-10-7-11-15-25;1-2-4-3-1/h6-19,21-23H,20H2,1-5H3;1-4H2/q+1;. The van der Waals surface area contributed by atoms with Crippen LogP contribution in [0, 0.1) is 0 Å². The maximum Gasteiger partial charge on any atom is 0.254 e. The highest BCUT2D eigenvalue weighted by Gasteiger charge is 2.36. The summed E-state index contributed by atoms with van der Waals surface area (Å²) in [5.41, 5.74) is 5.59. The van der Waals surface area contributed by atoms with Crippen LogP contribution in [-0.2, 0) is 6.73 Å². The third-order valence-electron chi connectivity index (χ3n) is 7.59. The number of benzene rings is 3. The highest BCUT2D eigenvalue weighted by atomic mass is 16.5. The van der Waals surface area contributed by atoms with Crippen LogP contribution >= 0.6 is 0 Å². The van der Waals surface area contributed by atoms with E-state index in [0.717, 1.165) is 22.7 Å². The van der Waals surface area contributed by atoms with Gasteiger partial charge >= 0.3 is 0 Å². The van der Waals surface area contributed by atoms with Crippen molar-refractivity contribution in [1.29, 1.82) is 0 Å².